The van der Waals surface area contributed by atoms with Crippen LogP contribution in [0.3, 0.4) is 0 Å². The normalized spacial score (nSPS) is 27.9. The number of alkyl halides is 6. The Labute approximate surface area is 214 Å². The lowest BCUT2D eigenvalue weighted by molar-refractivity contribution is -0.185. The van der Waals surface area contributed by atoms with Gasteiger partial charge < -0.3 is 14.7 Å². The molecule has 2 aromatic rings. The van der Waals surface area contributed by atoms with Gasteiger partial charge >= 0.3 is 18.3 Å². The molecule has 2 atom stereocenters. The van der Waals surface area contributed by atoms with Gasteiger partial charge in [-0.1, -0.05) is 12.1 Å². The van der Waals surface area contributed by atoms with Crippen molar-refractivity contribution in [1.82, 2.24) is 4.90 Å². The maximum atomic E-state index is 14.2. The van der Waals surface area contributed by atoms with E-state index in [1.54, 1.807) is 4.90 Å². The first-order valence-electron chi connectivity index (χ1n) is 12.8. The van der Waals surface area contributed by atoms with E-state index in [9.17, 15) is 41.0 Å². The van der Waals surface area contributed by atoms with Gasteiger partial charge in [-0.05, 0) is 80.3 Å². The summed E-state index contributed by atoms with van der Waals surface area (Å²) in [5, 5.41) is 9.39. The molecule has 2 aliphatic heterocycles. The Balaban J connectivity index is 1.39. The van der Waals surface area contributed by atoms with E-state index in [0.29, 0.717) is 25.7 Å². The van der Waals surface area contributed by atoms with Gasteiger partial charge in [0, 0.05) is 17.6 Å². The highest BCUT2D eigenvalue weighted by Gasteiger charge is 2.46. The summed E-state index contributed by atoms with van der Waals surface area (Å²) in [6.07, 6.45) is -8.15. The average molecular weight is 544 g/mol. The molecular formula is C27H27F6NO4. The lowest BCUT2D eigenvalue weighted by atomic mass is 9.87. The highest BCUT2D eigenvalue weighted by Crippen LogP contribution is 2.45. The lowest BCUT2D eigenvalue weighted by Crippen LogP contribution is -2.47. The number of carbonyl (C=O) groups is 2. The molecule has 2 bridgehead atoms. The molecule has 2 saturated heterocycles. The number of amides is 1. The SMILES string of the molecule is O=C(O)C1CC2CCC(C1)N2C(=O)c1ccc2c(C(F)(F)F)c(OC3CCC(C(F)(F)F)CC3)ccc2c1. The fraction of sp³-hybridized carbons (Fsp3) is 0.556. The smallest absolute Gasteiger partial charge is 0.420 e. The molecule has 0 aromatic heterocycles. The van der Waals surface area contributed by atoms with E-state index >= 15 is 0 Å². The third kappa shape index (κ3) is 5.03. The lowest BCUT2D eigenvalue weighted by Gasteiger charge is -2.37. The Hall–Kier alpha value is -2.98. The van der Waals surface area contributed by atoms with Crippen LogP contribution in [0.25, 0.3) is 10.8 Å². The number of fused-ring (bicyclic) bond motifs is 3. The molecule has 1 saturated carbocycles. The van der Waals surface area contributed by atoms with Crippen molar-refractivity contribution in [3.05, 3.63) is 41.5 Å². The first-order chi connectivity index (χ1) is 17.8. The highest BCUT2D eigenvalue weighted by molar-refractivity contribution is 6.00. The minimum Gasteiger partial charge on any atom is -0.490 e. The van der Waals surface area contributed by atoms with Gasteiger partial charge in [0.15, 0.2) is 0 Å². The van der Waals surface area contributed by atoms with E-state index in [4.69, 9.17) is 4.74 Å². The number of carboxylic acid groups (broad SMARTS) is 1. The van der Waals surface area contributed by atoms with Crippen LogP contribution in [-0.4, -0.2) is 46.2 Å². The summed E-state index contributed by atoms with van der Waals surface area (Å²) in [5.74, 6) is -3.63. The number of rotatable bonds is 4. The standard InChI is InChI=1S/C27H27F6NO4/c28-26(29,30)17-3-7-20(8-4-17)38-22-10-2-14-11-15(1-9-21(14)23(22)27(31,32)33)24(35)34-18-5-6-19(34)13-16(12-18)25(36)37/h1-2,9-11,16-20H,3-8,12-13H2,(H,36,37). The first-order valence-corrected chi connectivity index (χ1v) is 12.8. The zero-order chi connectivity index (χ0) is 27.4. The molecule has 1 N–H and O–H groups in total. The number of aliphatic carboxylic acids is 1. The molecule has 1 amide bonds. The minimum absolute atomic E-state index is 0.00779. The van der Waals surface area contributed by atoms with Gasteiger partial charge in [-0.3, -0.25) is 9.59 Å². The van der Waals surface area contributed by atoms with Gasteiger partial charge in [0.05, 0.1) is 17.9 Å². The second kappa shape index (κ2) is 9.64. The summed E-state index contributed by atoms with van der Waals surface area (Å²) in [7, 11) is 0. The third-order valence-electron chi connectivity index (χ3n) is 8.26. The van der Waals surface area contributed by atoms with E-state index in [0.717, 1.165) is 6.07 Å². The van der Waals surface area contributed by atoms with Gasteiger partial charge in [0.2, 0.25) is 0 Å². The van der Waals surface area contributed by atoms with Gasteiger partial charge in [-0.25, -0.2) is 0 Å². The number of halogens is 6. The quantitative estimate of drug-likeness (QED) is 0.430. The summed E-state index contributed by atoms with van der Waals surface area (Å²) in [6.45, 7) is 0. The maximum absolute atomic E-state index is 14.2. The van der Waals surface area contributed by atoms with Crippen LogP contribution in [0.15, 0.2) is 30.3 Å². The van der Waals surface area contributed by atoms with Gasteiger partial charge in [0.25, 0.3) is 5.91 Å². The Bertz CT molecular complexity index is 1220. The van der Waals surface area contributed by atoms with Crippen LogP contribution in [0.2, 0.25) is 0 Å². The molecule has 3 aliphatic rings. The zero-order valence-electron chi connectivity index (χ0n) is 20.3. The van der Waals surface area contributed by atoms with Crippen LogP contribution in [0.5, 0.6) is 5.75 Å². The van der Waals surface area contributed by atoms with Crippen molar-refractivity contribution in [1.29, 1.82) is 0 Å². The monoisotopic (exact) mass is 543 g/mol. The van der Waals surface area contributed by atoms with Crippen molar-refractivity contribution < 1.29 is 45.8 Å². The Morgan fingerprint density at radius 3 is 2.05 bits per heavy atom. The van der Waals surface area contributed by atoms with Crippen molar-refractivity contribution >= 4 is 22.6 Å². The van der Waals surface area contributed by atoms with Gasteiger partial charge in [-0.15, -0.1) is 0 Å². The van der Waals surface area contributed by atoms with E-state index in [1.165, 1.54) is 24.3 Å². The minimum atomic E-state index is -4.79. The predicted molar refractivity (Wildman–Crippen MR) is 125 cm³/mol. The van der Waals surface area contributed by atoms with Crippen LogP contribution in [0.1, 0.15) is 67.3 Å². The summed E-state index contributed by atoms with van der Waals surface area (Å²) >= 11 is 0. The molecule has 1 aliphatic carbocycles. The summed E-state index contributed by atoms with van der Waals surface area (Å²) in [5.41, 5.74) is -0.801. The molecule has 206 valence electrons. The van der Waals surface area contributed by atoms with Crippen LogP contribution in [-0.2, 0) is 11.0 Å². The van der Waals surface area contributed by atoms with Crippen LogP contribution < -0.4 is 4.74 Å². The summed E-state index contributed by atoms with van der Waals surface area (Å²) in [4.78, 5) is 26.5. The summed E-state index contributed by atoms with van der Waals surface area (Å²) < 4.78 is 87.0. The molecular weight excluding hydrogens is 516 g/mol. The van der Waals surface area contributed by atoms with Crippen LogP contribution in [0, 0.1) is 11.8 Å². The molecule has 5 nitrogen and oxygen atoms in total. The number of carboxylic acids is 1. The Morgan fingerprint density at radius 1 is 0.868 bits per heavy atom. The number of piperidine rings is 1. The van der Waals surface area contributed by atoms with Crippen molar-refractivity contribution in [3.8, 4) is 5.75 Å². The third-order valence-corrected chi connectivity index (χ3v) is 8.26. The molecule has 0 radical (unpaired) electrons. The molecule has 38 heavy (non-hydrogen) atoms. The average Bonchev–Trinajstić information content (AvgIpc) is 3.10. The van der Waals surface area contributed by atoms with E-state index < -0.39 is 47.6 Å². The largest absolute Gasteiger partial charge is 0.490 e. The molecule has 2 heterocycles. The second-order valence-corrected chi connectivity index (χ2v) is 10.6. The molecule has 2 unspecified atom stereocenters. The van der Waals surface area contributed by atoms with Crippen molar-refractivity contribution in [2.75, 3.05) is 0 Å². The molecule has 3 fully saturated rings. The number of benzene rings is 2. The van der Waals surface area contributed by atoms with Gasteiger partial charge in [0.1, 0.15) is 11.3 Å². The fourth-order valence-electron chi connectivity index (χ4n) is 6.38. The van der Waals surface area contributed by atoms with E-state index in [2.05, 4.69) is 0 Å². The molecule has 5 rings (SSSR count). The van der Waals surface area contributed by atoms with Crippen molar-refractivity contribution in [2.45, 2.75) is 81.9 Å². The van der Waals surface area contributed by atoms with E-state index in [1.807, 2.05) is 0 Å². The number of ether oxygens (including phenoxy) is 1. The fourth-order valence-corrected chi connectivity index (χ4v) is 6.38. The van der Waals surface area contributed by atoms with Gasteiger partial charge in [-0.2, -0.15) is 26.3 Å². The first kappa shape index (κ1) is 26.6. The number of hydrogen-bond acceptors (Lipinski definition) is 3. The maximum Gasteiger partial charge on any atom is 0.420 e. The Kier molecular flexibility index (Phi) is 6.76. The topological polar surface area (TPSA) is 66.8 Å². The van der Waals surface area contributed by atoms with E-state index in [-0.39, 0.29) is 60.0 Å². The van der Waals surface area contributed by atoms with Crippen molar-refractivity contribution in [2.24, 2.45) is 11.8 Å². The Morgan fingerprint density at radius 2 is 1.50 bits per heavy atom. The summed E-state index contributed by atoms with van der Waals surface area (Å²) in [6, 6.07) is 6.11. The molecule has 2 aromatic carbocycles. The van der Waals surface area contributed by atoms with Crippen LogP contribution in [0.4, 0.5) is 26.3 Å². The predicted octanol–water partition coefficient (Wildman–Crippen LogP) is 6.83. The molecule has 11 heteroatoms. The zero-order valence-corrected chi connectivity index (χ0v) is 20.3. The highest BCUT2D eigenvalue weighted by atomic mass is 19.4. The number of hydrogen-bond donors (Lipinski definition) is 1. The molecule has 0 spiro atoms. The van der Waals surface area contributed by atoms with Crippen LogP contribution >= 0.6 is 0 Å². The number of nitrogens with zero attached hydrogens (tertiary/aromatic N) is 1. The van der Waals surface area contributed by atoms with Crippen molar-refractivity contribution in [3.63, 3.8) is 0 Å². The second-order valence-electron chi connectivity index (χ2n) is 10.6. The number of carbonyl (C=O) groups excluding carboxylic acids is 1.